The standard InChI is InChI=1S/C17H30F2O4/c1-2-3-4-5-7-16(18,19)17(22-9-10-23-17)8-6-13-11-14(20)12-15(13)21/h13-15,20-21H,2-12H2,1H3/t13-,14?,15-/m1/s1. The van der Waals surface area contributed by atoms with Crippen molar-refractivity contribution >= 4 is 0 Å². The Balaban J connectivity index is 1.92. The Morgan fingerprint density at radius 3 is 2.35 bits per heavy atom. The molecule has 1 aliphatic carbocycles. The van der Waals surface area contributed by atoms with Crippen molar-refractivity contribution in [2.75, 3.05) is 13.2 Å². The van der Waals surface area contributed by atoms with E-state index in [0.29, 0.717) is 25.7 Å². The van der Waals surface area contributed by atoms with Gasteiger partial charge in [0.1, 0.15) is 0 Å². The van der Waals surface area contributed by atoms with E-state index in [-0.39, 0.29) is 32.0 Å². The molecule has 0 aromatic carbocycles. The third-order valence-electron chi connectivity index (χ3n) is 5.13. The van der Waals surface area contributed by atoms with Crippen molar-refractivity contribution in [1.29, 1.82) is 0 Å². The molecule has 1 unspecified atom stereocenters. The fourth-order valence-electron chi connectivity index (χ4n) is 3.72. The molecule has 1 aliphatic heterocycles. The lowest BCUT2D eigenvalue weighted by atomic mass is 9.91. The molecule has 2 fully saturated rings. The highest BCUT2D eigenvalue weighted by atomic mass is 19.3. The van der Waals surface area contributed by atoms with Gasteiger partial charge < -0.3 is 19.7 Å². The number of ether oxygens (including phenoxy) is 2. The number of halogens is 2. The van der Waals surface area contributed by atoms with Crippen molar-refractivity contribution in [3.8, 4) is 0 Å². The maximum Gasteiger partial charge on any atom is 0.300 e. The lowest BCUT2D eigenvalue weighted by Gasteiger charge is -2.36. The highest BCUT2D eigenvalue weighted by Crippen LogP contribution is 2.45. The van der Waals surface area contributed by atoms with E-state index in [0.717, 1.165) is 19.3 Å². The molecular formula is C17H30F2O4. The summed E-state index contributed by atoms with van der Waals surface area (Å²) >= 11 is 0. The molecular weight excluding hydrogens is 306 g/mol. The predicted molar refractivity (Wildman–Crippen MR) is 82.3 cm³/mol. The molecule has 1 heterocycles. The summed E-state index contributed by atoms with van der Waals surface area (Å²) in [5, 5.41) is 19.5. The Kier molecular flexibility index (Phi) is 6.77. The van der Waals surface area contributed by atoms with E-state index in [1.54, 1.807) is 0 Å². The predicted octanol–water partition coefficient (Wildman–Crippen LogP) is 3.25. The molecule has 2 aliphatic rings. The Morgan fingerprint density at radius 1 is 1.09 bits per heavy atom. The third kappa shape index (κ3) is 4.62. The molecule has 0 radical (unpaired) electrons. The van der Waals surface area contributed by atoms with Crippen LogP contribution < -0.4 is 0 Å². The number of alkyl halides is 2. The van der Waals surface area contributed by atoms with Gasteiger partial charge in [-0.1, -0.05) is 26.2 Å². The Morgan fingerprint density at radius 2 is 1.78 bits per heavy atom. The molecule has 2 rings (SSSR count). The summed E-state index contributed by atoms with van der Waals surface area (Å²) in [6.45, 7) is 2.41. The number of unbranched alkanes of at least 4 members (excludes halogenated alkanes) is 3. The van der Waals surface area contributed by atoms with E-state index in [1.165, 1.54) is 0 Å². The zero-order chi connectivity index (χ0) is 16.9. The van der Waals surface area contributed by atoms with E-state index in [4.69, 9.17) is 9.47 Å². The summed E-state index contributed by atoms with van der Waals surface area (Å²) in [5.41, 5.74) is 0. The van der Waals surface area contributed by atoms with E-state index in [2.05, 4.69) is 0 Å². The highest BCUT2D eigenvalue weighted by molar-refractivity contribution is 4.92. The van der Waals surface area contributed by atoms with Crippen molar-refractivity contribution in [2.45, 2.75) is 88.6 Å². The van der Waals surface area contributed by atoms with Crippen LogP contribution in [0.15, 0.2) is 0 Å². The normalized spacial score (nSPS) is 30.9. The van der Waals surface area contributed by atoms with Crippen LogP contribution in [0.25, 0.3) is 0 Å². The number of hydrogen-bond acceptors (Lipinski definition) is 4. The zero-order valence-electron chi connectivity index (χ0n) is 14.0. The van der Waals surface area contributed by atoms with Crippen LogP contribution in [0.1, 0.15) is 64.7 Å². The number of aliphatic hydroxyl groups excluding tert-OH is 2. The Bertz CT molecular complexity index is 359. The summed E-state index contributed by atoms with van der Waals surface area (Å²) < 4.78 is 40.1. The highest BCUT2D eigenvalue weighted by Gasteiger charge is 2.57. The van der Waals surface area contributed by atoms with Gasteiger partial charge in [0.05, 0.1) is 25.4 Å². The van der Waals surface area contributed by atoms with Crippen LogP contribution in [0, 0.1) is 5.92 Å². The average Bonchev–Trinajstić information content (AvgIpc) is 3.09. The van der Waals surface area contributed by atoms with Gasteiger partial charge in [0, 0.05) is 12.8 Å². The molecule has 3 atom stereocenters. The monoisotopic (exact) mass is 336 g/mol. The van der Waals surface area contributed by atoms with Crippen LogP contribution in [-0.2, 0) is 9.47 Å². The largest absolute Gasteiger partial charge is 0.393 e. The molecule has 0 aromatic rings. The minimum Gasteiger partial charge on any atom is -0.393 e. The van der Waals surface area contributed by atoms with E-state index >= 15 is 0 Å². The summed E-state index contributed by atoms with van der Waals surface area (Å²) in [5.74, 6) is -5.04. The Labute approximate surface area is 137 Å². The van der Waals surface area contributed by atoms with Gasteiger partial charge in [-0.25, -0.2) is 8.78 Å². The second-order valence-corrected chi connectivity index (χ2v) is 6.96. The van der Waals surface area contributed by atoms with Gasteiger partial charge in [-0.2, -0.15) is 0 Å². The molecule has 4 nitrogen and oxygen atoms in total. The van der Waals surface area contributed by atoms with E-state index in [1.807, 2.05) is 6.92 Å². The minimum atomic E-state index is -3.03. The van der Waals surface area contributed by atoms with Crippen molar-refractivity contribution < 1.29 is 28.5 Å². The molecule has 0 amide bonds. The van der Waals surface area contributed by atoms with Crippen molar-refractivity contribution in [1.82, 2.24) is 0 Å². The fraction of sp³-hybridized carbons (Fsp3) is 1.00. The maximum atomic E-state index is 14.7. The SMILES string of the molecule is CCCCCCC(F)(F)C1(CC[C@@H]2CC(O)C[C@H]2O)OCCO1. The van der Waals surface area contributed by atoms with Crippen LogP contribution in [0.3, 0.4) is 0 Å². The molecule has 0 bridgehead atoms. The van der Waals surface area contributed by atoms with Crippen LogP contribution in [-0.4, -0.2) is 47.3 Å². The first-order chi connectivity index (χ1) is 10.9. The number of hydrogen-bond donors (Lipinski definition) is 2. The summed E-state index contributed by atoms with van der Waals surface area (Å²) in [7, 11) is 0. The molecule has 23 heavy (non-hydrogen) atoms. The van der Waals surface area contributed by atoms with Gasteiger partial charge in [0.2, 0.25) is 5.79 Å². The van der Waals surface area contributed by atoms with Crippen molar-refractivity contribution in [3.63, 3.8) is 0 Å². The van der Waals surface area contributed by atoms with Gasteiger partial charge >= 0.3 is 5.92 Å². The lowest BCUT2D eigenvalue weighted by Crippen LogP contribution is -2.49. The summed E-state index contributed by atoms with van der Waals surface area (Å²) in [6.07, 6.45) is 3.03. The third-order valence-corrected chi connectivity index (χ3v) is 5.13. The fourth-order valence-corrected chi connectivity index (χ4v) is 3.72. The maximum absolute atomic E-state index is 14.7. The average molecular weight is 336 g/mol. The molecule has 1 saturated carbocycles. The second-order valence-electron chi connectivity index (χ2n) is 6.96. The van der Waals surface area contributed by atoms with Gasteiger partial charge in [-0.15, -0.1) is 0 Å². The second kappa shape index (κ2) is 8.19. The summed E-state index contributed by atoms with van der Waals surface area (Å²) in [4.78, 5) is 0. The first kappa shape index (κ1) is 19.0. The van der Waals surface area contributed by atoms with Crippen LogP contribution in [0.2, 0.25) is 0 Å². The molecule has 136 valence electrons. The summed E-state index contributed by atoms with van der Waals surface area (Å²) in [6, 6.07) is 0. The minimum absolute atomic E-state index is 0.0578. The Hall–Kier alpha value is -0.300. The quantitative estimate of drug-likeness (QED) is 0.635. The van der Waals surface area contributed by atoms with Gasteiger partial charge in [0.25, 0.3) is 0 Å². The van der Waals surface area contributed by atoms with Crippen LogP contribution in [0.5, 0.6) is 0 Å². The van der Waals surface area contributed by atoms with Gasteiger partial charge in [0.15, 0.2) is 0 Å². The van der Waals surface area contributed by atoms with E-state index < -0.39 is 23.9 Å². The molecule has 1 saturated heterocycles. The zero-order valence-corrected chi connectivity index (χ0v) is 14.0. The first-order valence-corrected chi connectivity index (χ1v) is 8.92. The molecule has 6 heteroatoms. The number of aliphatic hydroxyl groups is 2. The van der Waals surface area contributed by atoms with Gasteiger partial charge in [-0.3, -0.25) is 0 Å². The number of rotatable bonds is 9. The van der Waals surface area contributed by atoms with Crippen molar-refractivity contribution in [3.05, 3.63) is 0 Å². The molecule has 0 spiro atoms. The first-order valence-electron chi connectivity index (χ1n) is 8.92. The molecule has 0 aromatic heterocycles. The van der Waals surface area contributed by atoms with Crippen LogP contribution >= 0.6 is 0 Å². The van der Waals surface area contributed by atoms with E-state index in [9.17, 15) is 19.0 Å². The van der Waals surface area contributed by atoms with Crippen LogP contribution in [0.4, 0.5) is 8.78 Å². The van der Waals surface area contributed by atoms with Crippen molar-refractivity contribution in [2.24, 2.45) is 5.92 Å². The topological polar surface area (TPSA) is 58.9 Å². The smallest absolute Gasteiger partial charge is 0.300 e. The molecule has 2 N–H and O–H groups in total. The van der Waals surface area contributed by atoms with Gasteiger partial charge in [-0.05, 0) is 31.6 Å². The lowest BCUT2D eigenvalue weighted by molar-refractivity contribution is -0.297.